The van der Waals surface area contributed by atoms with E-state index in [-0.39, 0.29) is 17.7 Å². The molecule has 1 atom stereocenters. The van der Waals surface area contributed by atoms with Crippen molar-refractivity contribution < 1.29 is 9.59 Å². The summed E-state index contributed by atoms with van der Waals surface area (Å²) < 4.78 is 0. The van der Waals surface area contributed by atoms with E-state index >= 15 is 0 Å². The average molecular weight is 449 g/mol. The number of nitrogens with one attached hydrogen (secondary N) is 1. The van der Waals surface area contributed by atoms with E-state index in [4.69, 9.17) is 0 Å². The van der Waals surface area contributed by atoms with Gasteiger partial charge in [-0.15, -0.1) is 0 Å². The van der Waals surface area contributed by atoms with Gasteiger partial charge in [-0.25, -0.2) is 0 Å². The molecule has 0 spiro atoms. The number of rotatable bonds is 9. The maximum absolute atomic E-state index is 12.6. The van der Waals surface area contributed by atoms with Crippen LogP contribution in [0.5, 0.6) is 0 Å². The summed E-state index contributed by atoms with van der Waals surface area (Å²) in [6.07, 6.45) is 2.11. The Hall–Kier alpha value is -2.86. The molecule has 2 heterocycles. The van der Waals surface area contributed by atoms with Gasteiger partial charge in [-0.3, -0.25) is 14.5 Å². The van der Waals surface area contributed by atoms with Crippen LogP contribution in [0.2, 0.25) is 0 Å². The standard InChI is InChI=1S/C27H36N4O2/c1-22-7-5-10-25(19-22)30-17-15-29(16-18-30)13-6-12-28-27(33)24-20-26(32)31(21-24)14-11-23-8-3-2-4-9-23/h2-5,7-10,19,24H,6,11-18,20-21H2,1H3,(H,28,33)/t24-/m0/s1. The number of anilines is 1. The first-order chi connectivity index (χ1) is 16.1. The molecule has 2 aliphatic heterocycles. The number of carbonyl (C=O) groups is 2. The van der Waals surface area contributed by atoms with Gasteiger partial charge in [-0.2, -0.15) is 0 Å². The van der Waals surface area contributed by atoms with Crippen molar-refractivity contribution in [3.63, 3.8) is 0 Å². The Kier molecular flexibility index (Phi) is 8.00. The van der Waals surface area contributed by atoms with Crippen molar-refractivity contribution in [3.8, 4) is 0 Å². The number of benzene rings is 2. The Balaban J connectivity index is 1.11. The van der Waals surface area contributed by atoms with E-state index in [0.29, 0.717) is 26.1 Å². The van der Waals surface area contributed by atoms with Crippen LogP contribution < -0.4 is 10.2 Å². The molecule has 6 nitrogen and oxygen atoms in total. The first-order valence-electron chi connectivity index (χ1n) is 12.2. The number of piperazine rings is 1. The van der Waals surface area contributed by atoms with Gasteiger partial charge in [0.25, 0.3) is 0 Å². The molecule has 4 rings (SSSR count). The predicted octanol–water partition coefficient (Wildman–Crippen LogP) is 2.71. The first kappa shape index (κ1) is 23.3. The smallest absolute Gasteiger partial charge is 0.225 e. The molecule has 1 N–H and O–H groups in total. The van der Waals surface area contributed by atoms with Gasteiger partial charge in [0, 0.05) is 57.9 Å². The maximum Gasteiger partial charge on any atom is 0.225 e. The number of aryl methyl sites for hydroxylation is 1. The molecule has 2 fully saturated rings. The zero-order valence-corrected chi connectivity index (χ0v) is 19.7. The first-order valence-corrected chi connectivity index (χ1v) is 12.2. The molecule has 0 unspecified atom stereocenters. The van der Waals surface area contributed by atoms with Crippen LogP contribution in [0.25, 0.3) is 0 Å². The van der Waals surface area contributed by atoms with E-state index in [1.165, 1.54) is 16.8 Å². The number of carbonyl (C=O) groups excluding carboxylic acids is 2. The molecule has 0 aromatic heterocycles. The van der Waals surface area contributed by atoms with Crippen LogP contribution in [0, 0.1) is 12.8 Å². The number of hydrogen-bond donors (Lipinski definition) is 1. The second-order valence-electron chi connectivity index (χ2n) is 9.29. The SMILES string of the molecule is Cc1cccc(N2CCN(CCCNC(=O)[C@H]3CC(=O)N(CCc4ccccc4)C3)CC2)c1. The topological polar surface area (TPSA) is 55.9 Å². The number of likely N-dealkylation sites (tertiary alicyclic amines) is 1. The van der Waals surface area contributed by atoms with Gasteiger partial charge >= 0.3 is 0 Å². The molecule has 176 valence electrons. The quantitative estimate of drug-likeness (QED) is 0.600. The van der Waals surface area contributed by atoms with Crippen LogP contribution in [-0.4, -0.2) is 74.0 Å². The van der Waals surface area contributed by atoms with E-state index in [9.17, 15) is 9.59 Å². The monoisotopic (exact) mass is 448 g/mol. The minimum atomic E-state index is -0.217. The lowest BCUT2D eigenvalue weighted by Crippen LogP contribution is -2.47. The summed E-state index contributed by atoms with van der Waals surface area (Å²) in [4.78, 5) is 31.7. The molecule has 33 heavy (non-hydrogen) atoms. The van der Waals surface area contributed by atoms with E-state index in [1.54, 1.807) is 0 Å². The molecular weight excluding hydrogens is 412 g/mol. The minimum Gasteiger partial charge on any atom is -0.369 e. The Morgan fingerprint density at radius 1 is 1.00 bits per heavy atom. The molecule has 2 saturated heterocycles. The highest BCUT2D eigenvalue weighted by molar-refractivity contribution is 5.89. The lowest BCUT2D eigenvalue weighted by molar-refractivity contribution is -0.129. The number of hydrogen-bond acceptors (Lipinski definition) is 4. The highest BCUT2D eigenvalue weighted by atomic mass is 16.2. The van der Waals surface area contributed by atoms with Gasteiger partial charge in [-0.1, -0.05) is 42.5 Å². The lowest BCUT2D eigenvalue weighted by Gasteiger charge is -2.36. The molecular formula is C27H36N4O2. The summed E-state index contributed by atoms with van der Waals surface area (Å²) in [5.74, 6) is -0.0986. The third-order valence-electron chi connectivity index (χ3n) is 6.79. The third-order valence-corrected chi connectivity index (χ3v) is 6.79. The fourth-order valence-electron chi connectivity index (χ4n) is 4.79. The Bertz CT molecular complexity index is 925. The van der Waals surface area contributed by atoms with Crippen molar-refractivity contribution in [2.24, 2.45) is 5.92 Å². The zero-order valence-electron chi connectivity index (χ0n) is 19.7. The van der Waals surface area contributed by atoms with Crippen molar-refractivity contribution in [1.82, 2.24) is 15.1 Å². The lowest BCUT2D eigenvalue weighted by atomic mass is 10.1. The van der Waals surface area contributed by atoms with E-state index in [0.717, 1.165) is 45.6 Å². The van der Waals surface area contributed by atoms with Gasteiger partial charge in [0.05, 0.1) is 5.92 Å². The summed E-state index contributed by atoms with van der Waals surface area (Å²) in [5, 5.41) is 3.07. The third kappa shape index (κ3) is 6.57. The highest BCUT2D eigenvalue weighted by Gasteiger charge is 2.33. The molecule has 0 bridgehead atoms. The maximum atomic E-state index is 12.6. The van der Waals surface area contributed by atoms with E-state index < -0.39 is 0 Å². The molecule has 2 amide bonds. The summed E-state index contributed by atoms with van der Waals surface area (Å²) in [6, 6.07) is 18.9. The van der Waals surface area contributed by atoms with Crippen molar-refractivity contribution in [1.29, 1.82) is 0 Å². The van der Waals surface area contributed by atoms with Gasteiger partial charge < -0.3 is 15.1 Å². The average Bonchev–Trinajstić information content (AvgIpc) is 3.22. The van der Waals surface area contributed by atoms with Crippen LogP contribution in [0.4, 0.5) is 5.69 Å². The second kappa shape index (κ2) is 11.3. The van der Waals surface area contributed by atoms with Crippen LogP contribution in [0.1, 0.15) is 24.0 Å². The van der Waals surface area contributed by atoms with Gasteiger partial charge in [0.15, 0.2) is 0 Å². The fraction of sp³-hybridized carbons (Fsp3) is 0.481. The van der Waals surface area contributed by atoms with Gasteiger partial charge in [0.1, 0.15) is 0 Å². The van der Waals surface area contributed by atoms with Crippen LogP contribution >= 0.6 is 0 Å². The van der Waals surface area contributed by atoms with Gasteiger partial charge in [0.2, 0.25) is 11.8 Å². The van der Waals surface area contributed by atoms with Crippen molar-refractivity contribution in [2.75, 3.05) is 57.3 Å². The van der Waals surface area contributed by atoms with Crippen molar-refractivity contribution >= 4 is 17.5 Å². The Morgan fingerprint density at radius 3 is 2.55 bits per heavy atom. The van der Waals surface area contributed by atoms with Crippen LogP contribution in [0.15, 0.2) is 54.6 Å². The second-order valence-corrected chi connectivity index (χ2v) is 9.29. The molecule has 0 saturated carbocycles. The Labute approximate surface area is 197 Å². The molecule has 2 aromatic carbocycles. The van der Waals surface area contributed by atoms with Gasteiger partial charge in [-0.05, 0) is 49.6 Å². The van der Waals surface area contributed by atoms with E-state index in [2.05, 4.69) is 58.4 Å². The largest absolute Gasteiger partial charge is 0.369 e. The van der Waals surface area contributed by atoms with Crippen LogP contribution in [0.3, 0.4) is 0 Å². The van der Waals surface area contributed by atoms with Crippen molar-refractivity contribution in [2.45, 2.75) is 26.2 Å². The van der Waals surface area contributed by atoms with Crippen molar-refractivity contribution in [3.05, 3.63) is 65.7 Å². The molecule has 2 aliphatic rings. The number of amides is 2. The summed E-state index contributed by atoms with van der Waals surface area (Å²) in [6.45, 7) is 9.21. The Morgan fingerprint density at radius 2 is 1.79 bits per heavy atom. The highest BCUT2D eigenvalue weighted by Crippen LogP contribution is 2.19. The summed E-state index contributed by atoms with van der Waals surface area (Å²) in [7, 11) is 0. The van der Waals surface area contributed by atoms with E-state index in [1.807, 2.05) is 23.1 Å². The predicted molar refractivity (Wildman–Crippen MR) is 132 cm³/mol. The molecule has 0 radical (unpaired) electrons. The van der Waals surface area contributed by atoms with Crippen LogP contribution in [-0.2, 0) is 16.0 Å². The summed E-state index contributed by atoms with van der Waals surface area (Å²) in [5.41, 5.74) is 3.83. The fourth-order valence-corrected chi connectivity index (χ4v) is 4.79. The molecule has 2 aromatic rings. The zero-order chi connectivity index (χ0) is 23.0. The molecule has 0 aliphatic carbocycles. The summed E-state index contributed by atoms with van der Waals surface area (Å²) >= 11 is 0. The number of nitrogens with zero attached hydrogens (tertiary/aromatic N) is 3. The molecule has 6 heteroatoms. The normalized spacial score (nSPS) is 19.2. The minimum absolute atomic E-state index is 0.0230.